The quantitative estimate of drug-likeness (QED) is 0.941. The molecule has 0 saturated carbocycles. The van der Waals surface area contributed by atoms with Gasteiger partial charge in [-0.05, 0) is 48.1 Å². The third-order valence-electron chi connectivity index (χ3n) is 4.43. The molecule has 0 aliphatic carbocycles. The summed E-state index contributed by atoms with van der Waals surface area (Å²) < 4.78 is 5.35. The third kappa shape index (κ3) is 2.71. The van der Waals surface area contributed by atoms with Gasteiger partial charge in [-0.25, -0.2) is 0 Å². The van der Waals surface area contributed by atoms with Crippen molar-refractivity contribution in [2.75, 3.05) is 20.2 Å². The summed E-state index contributed by atoms with van der Waals surface area (Å²) in [5.74, 6) is 0.895. The van der Waals surface area contributed by atoms with E-state index in [2.05, 4.69) is 35.4 Å². The SMILES string of the molecule is COc1cccc(C(CN)N2CCc3sccc3C2C)c1. The van der Waals surface area contributed by atoms with Gasteiger partial charge in [0, 0.05) is 30.1 Å². The average Bonchev–Trinajstić information content (AvgIpc) is 3.00. The minimum absolute atomic E-state index is 0.239. The van der Waals surface area contributed by atoms with Gasteiger partial charge >= 0.3 is 0 Å². The fraction of sp³-hybridized carbons (Fsp3) is 0.412. The average molecular weight is 302 g/mol. The lowest BCUT2D eigenvalue weighted by Gasteiger charge is -2.39. The summed E-state index contributed by atoms with van der Waals surface area (Å²) in [4.78, 5) is 4.05. The second-order valence-corrected chi connectivity index (χ2v) is 6.49. The van der Waals surface area contributed by atoms with Crippen LogP contribution in [0.2, 0.25) is 0 Å². The highest BCUT2D eigenvalue weighted by Crippen LogP contribution is 2.38. The molecule has 2 heterocycles. The van der Waals surface area contributed by atoms with Gasteiger partial charge < -0.3 is 10.5 Å². The number of thiophene rings is 1. The summed E-state index contributed by atoms with van der Waals surface area (Å²) >= 11 is 1.87. The second kappa shape index (κ2) is 6.18. The van der Waals surface area contributed by atoms with Crippen molar-refractivity contribution in [3.05, 3.63) is 51.7 Å². The maximum Gasteiger partial charge on any atom is 0.119 e. The van der Waals surface area contributed by atoms with Crippen molar-refractivity contribution in [3.63, 3.8) is 0 Å². The lowest BCUT2D eigenvalue weighted by molar-refractivity contribution is 0.138. The van der Waals surface area contributed by atoms with E-state index in [4.69, 9.17) is 10.5 Å². The summed E-state index contributed by atoms with van der Waals surface area (Å²) in [7, 11) is 1.71. The number of hydrogen-bond donors (Lipinski definition) is 1. The first-order valence-corrected chi connectivity index (χ1v) is 8.28. The number of benzene rings is 1. The maximum atomic E-state index is 6.10. The van der Waals surface area contributed by atoms with E-state index in [1.165, 1.54) is 16.0 Å². The van der Waals surface area contributed by atoms with E-state index in [0.717, 1.165) is 18.7 Å². The van der Waals surface area contributed by atoms with E-state index < -0.39 is 0 Å². The number of fused-ring (bicyclic) bond motifs is 1. The third-order valence-corrected chi connectivity index (χ3v) is 5.42. The Hall–Kier alpha value is -1.36. The molecule has 1 aromatic heterocycles. The molecule has 21 heavy (non-hydrogen) atoms. The summed E-state index contributed by atoms with van der Waals surface area (Å²) in [5.41, 5.74) is 8.81. The Kier molecular flexibility index (Phi) is 4.29. The molecule has 2 atom stereocenters. The topological polar surface area (TPSA) is 38.5 Å². The molecule has 0 radical (unpaired) electrons. The highest BCUT2D eigenvalue weighted by Gasteiger charge is 2.30. The maximum absolute atomic E-state index is 6.10. The van der Waals surface area contributed by atoms with Crippen molar-refractivity contribution in [2.24, 2.45) is 5.73 Å². The van der Waals surface area contributed by atoms with E-state index in [1.54, 1.807) is 7.11 Å². The number of nitrogens with zero attached hydrogens (tertiary/aromatic N) is 1. The molecule has 2 unspecified atom stereocenters. The highest BCUT2D eigenvalue weighted by atomic mass is 32.1. The smallest absolute Gasteiger partial charge is 0.119 e. The fourth-order valence-electron chi connectivity index (χ4n) is 3.27. The van der Waals surface area contributed by atoms with E-state index in [-0.39, 0.29) is 6.04 Å². The molecule has 1 aromatic carbocycles. The van der Waals surface area contributed by atoms with Crippen LogP contribution in [0.3, 0.4) is 0 Å². The van der Waals surface area contributed by atoms with Crippen molar-refractivity contribution in [3.8, 4) is 5.75 Å². The molecule has 0 spiro atoms. The van der Waals surface area contributed by atoms with Crippen LogP contribution >= 0.6 is 11.3 Å². The van der Waals surface area contributed by atoms with Crippen LogP contribution in [0.4, 0.5) is 0 Å². The molecule has 2 aromatic rings. The summed E-state index contributed by atoms with van der Waals surface area (Å²) in [6.45, 7) is 3.97. The first kappa shape index (κ1) is 14.6. The standard InChI is InChI=1S/C17H22N2OS/c1-12-15-7-9-21-17(15)6-8-19(12)16(11-18)13-4-3-5-14(10-13)20-2/h3-5,7,9-10,12,16H,6,8,11,18H2,1-2H3. The molecule has 0 saturated heterocycles. The predicted molar refractivity (Wildman–Crippen MR) is 87.9 cm³/mol. The minimum atomic E-state index is 0.239. The van der Waals surface area contributed by atoms with Gasteiger partial charge in [0.15, 0.2) is 0 Å². The van der Waals surface area contributed by atoms with Gasteiger partial charge in [-0.1, -0.05) is 12.1 Å². The van der Waals surface area contributed by atoms with E-state index in [1.807, 2.05) is 23.5 Å². The first-order chi connectivity index (χ1) is 10.2. The molecular weight excluding hydrogens is 280 g/mol. The second-order valence-electron chi connectivity index (χ2n) is 5.49. The highest BCUT2D eigenvalue weighted by molar-refractivity contribution is 7.10. The fourth-order valence-corrected chi connectivity index (χ4v) is 4.23. The number of hydrogen-bond acceptors (Lipinski definition) is 4. The van der Waals surface area contributed by atoms with E-state index in [9.17, 15) is 0 Å². The molecule has 112 valence electrons. The molecule has 4 heteroatoms. The molecule has 0 fully saturated rings. The van der Waals surface area contributed by atoms with Crippen LogP contribution in [0.1, 0.15) is 35.0 Å². The predicted octanol–water partition coefficient (Wildman–Crippen LogP) is 3.38. The monoisotopic (exact) mass is 302 g/mol. The molecule has 3 rings (SSSR count). The van der Waals surface area contributed by atoms with E-state index in [0.29, 0.717) is 12.6 Å². The van der Waals surface area contributed by atoms with E-state index >= 15 is 0 Å². The van der Waals surface area contributed by atoms with Gasteiger partial charge in [-0.3, -0.25) is 4.90 Å². The van der Waals surface area contributed by atoms with Gasteiger partial charge in [0.25, 0.3) is 0 Å². The summed E-state index contributed by atoms with van der Waals surface area (Å²) in [6, 6.07) is 11.2. The van der Waals surface area contributed by atoms with Crippen molar-refractivity contribution < 1.29 is 4.74 Å². The van der Waals surface area contributed by atoms with Gasteiger partial charge in [0.1, 0.15) is 5.75 Å². The summed E-state index contributed by atoms with van der Waals surface area (Å²) in [5, 5.41) is 2.20. The zero-order valence-electron chi connectivity index (χ0n) is 12.6. The largest absolute Gasteiger partial charge is 0.497 e. The molecular formula is C17H22N2OS. The van der Waals surface area contributed by atoms with Crippen molar-refractivity contribution >= 4 is 11.3 Å². The molecule has 1 aliphatic rings. The normalized spacial score (nSPS) is 20.0. The Bertz CT molecular complexity index is 610. The van der Waals surface area contributed by atoms with Crippen LogP contribution in [0.5, 0.6) is 5.75 Å². The zero-order chi connectivity index (χ0) is 14.8. The Labute approximate surface area is 130 Å². The molecule has 0 bridgehead atoms. The number of ether oxygens (including phenoxy) is 1. The number of methoxy groups -OCH3 is 1. The number of nitrogens with two attached hydrogens (primary N) is 1. The molecule has 1 aliphatic heterocycles. The van der Waals surface area contributed by atoms with Crippen LogP contribution in [0, 0.1) is 0 Å². The van der Waals surface area contributed by atoms with Crippen LogP contribution in [-0.2, 0) is 6.42 Å². The van der Waals surface area contributed by atoms with Gasteiger partial charge in [0.05, 0.1) is 7.11 Å². The first-order valence-electron chi connectivity index (χ1n) is 7.40. The van der Waals surface area contributed by atoms with Crippen molar-refractivity contribution in [1.29, 1.82) is 0 Å². The van der Waals surface area contributed by atoms with Crippen molar-refractivity contribution in [2.45, 2.75) is 25.4 Å². The lowest BCUT2D eigenvalue weighted by atomic mass is 9.96. The van der Waals surface area contributed by atoms with Crippen LogP contribution in [-0.4, -0.2) is 25.1 Å². The van der Waals surface area contributed by atoms with Crippen molar-refractivity contribution in [1.82, 2.24) is 4.90 Å². The van der Waals surface area contributed by atoms with Crippen LogP contribution in [0.15, 0.2) is 35.7 Å². The van der Waals surface area contributed by atoms with Gasteiger partial charge in [-0.2, -0.15) is 0 Å². The zero-order valence-corrected chi connectivity index (χ0v) is 13.4. The van der Waals surface area contributed by atoms with Crippen LogP contribution in [0.25, 0.3) is 0 Å². The Balaban J connectivity index is 1.90. The number of rotatable bonds is 4. The molecule has 0 amide bonds. The van der Waals surface area contributed by atoms with Gasteiger partial charge in [0.2, 0.25) is 0 Å². The molecule has 2 N–H and O–H groups in total. The Morgan fingerprint density at radius 3 is 3.05 bits per heavy atom. The Morgan fingerprint density at radius 2 is 2.29 bits per heavy atom. The minimum Gasteiger partial charge on any atom is -0.497 e. The molecule has 3 nitrogen and oxygen atoms in total. The lowest BCUT2D eigenvalue weighted by Crippen LogP contribution is -2.39. The van der Waals surface area contributed by atoms with Crippen LogP contribution < -0.4 is 10.5 Å². The Morgan fingerprint density at radius 1 is 1.43 bits per heavy atom. The van der Waals surface area contributed by atoms with Gasteiger partial charge in [-0.15, -0.1) is 11.3 Å². The summed E-state index contributed by atoms with van der Waals surface area (Å²) in [6.07, 6.45) is 1.12.